The molecular formula is C11H9ClN2O2. The maximum Gasteiger partial charge on any atom is 0.328 e. The van der Waals surface area contributed by atoms with Gasteiger partial charge in [0, 0.05) is 12.1 Å². The van der Waals surface area contributed by atoms with Crippen molar-refractivity contribution in [2.24, 2.45) is 0 Å². The molecule has 0 bridgehead atoms. The van der Waals surface area contributed by atoms with Crippen LogP contribution in [0.5, 0.6) is 0 Å². The van der Waals surface area contributed by atoms with Crippen LogP contribution < -0.4 is 5.32 Å². The summed E-state index contributed by atoms with van der Waals surface area (Å²) in [7, 11) is 1.42. The van der Waals surface area contributed by atoms with Gasteiger partial charge in [-0.15, -0.1) is 0 Å². The van der Waals surface area contributed by atoms with Crippen molar-refractivity contribution >= 4 is 29.6 Å². The molecule has 0 aliphatic carbocycles. The van der Waals surface area contributed by atoms with Crippen molar-refractivity contribution < 1.29 is 9.59 Å². The molecule has 1 aliphatic rings. The van der Waals surface area contributed by atoms with Gasteiger partial charge in [0.15, 0.2) is 0 Å². The fourth-order valence-corrected chi connectivity index (χ4v) is 1.56. The number of hydrogen-bond donors (Lipinski definition) is 1. The molecule has 1 aromatic rings. The first-order valence-corrected chi connectivity index (χ1v) is 5.02. The fraction of sp³-hybridized carbons (Fsp3) is 0.0909. The number of amides is 3. The van der Waals surface area contributed by atoms with Gasteiger partial charge in [-0.2, -0.15) is 0 Å². The van der Waals surface area contributed by atoms with E-state index in [1.165, 1.54) is 7.05 Å². The van der Waals surface area contributed by atoms with Crippen molar-refractivity contribution in [2.75, 3.05) is 7.05 Å². The highest BCUT2D eigenvalue weighted by atomic mass is 35.5. The summed E-state index contributed by atoms with van der Waals surface area (Å²) in [5.74, 6) is -0.357. The van der Waals surface area contributed by atoms with Crippen LogP contribution in [0.25, 0.3) is 6.08 Å². The van der Waals surface area contributed by atoms with Crippen LogP contribution in [-0.4, -0.2) is 23.9 Å². The summed E-state index contributed by atoms with van der Waals surface area (Å²) in [6.07, 6.45) is 1.56. The Morgan fingerprint density at radius 1 is 1.31 bits per heavy atom. The van der Waals surface area contributed by atoms with Gasteiger partial charge in [0.1, 0.15) is 5.70 Å². The summed E-state index contributed by atoms with van der Waals surface area (Å²) in [5, 5.41) is 3.00. The van der Waals surface area contributed by atoms with Gasteiger partial charge in [-0.25, -0.2) is 4.79 Å². The molecule has 0 unspecified atom stereocenters. The molecule has 0 saturated carbocycles. The number of nitrogens with one attached hydrogen (secondary N) is 1. The third-order valence-electron chi connectivity index (χ3n) is 2.29. The average Bonchev–Trinajstić information content (AvgIpc) is 2.50. The molecule has 0 radical (unpaired) electrons. The van der Waals surface area contributed by atoms with Crippen molar-refractivity contribution in [3.05, 3.63) is 40.5 Å². The molecule has 1 aromatic carbocycles. The Hall–Kier alpha value is -1.81. The van der Waals surface area contributed by atoms with Gasteiger partial charge in [0.25, 0.3) is 5.91 Å². The maximum atomic E-state index is 11.6. The molecule has 0 atom stereocenters. The van der Waals surface area contributed by atoms with Crippen LogP contribution in [0.4, 0.5) is 4.79 Å². The summed E-state index contributed by atoms with van der Waals surface area (Å²) < 4.78 is 0. The minimum atomic E-state index is -0.427. The zero-order chi connectivity index (χ0) is 11.7. The third-order valence-corrected chi connectivity index (χ3v) is 2.63. The van der Waals surface area contributed by atoms with Crippen LogP contribution in [0.15, 0.2) is 30.0 Å². The molecule has 0 spiro atoms. The smallest absolute Gasteiger partial charge is 0.303 e. The number of likely N-dealkylation sites (N-methyl/N-ethyl adjacent to an activating group) is 1. The van der Waals surface area contributed by atoms with E-state index in [4.69, 9.17) is 11.6 Å². The van der Waals surface area contributed by atoms with Crippen LogP contribution in [0, 0.1) is 0 Å². The topological polar surface area (TPSA) is 49.4 Å². The summed E-state index contributed by atoms with van der Waals surface area (Å²) >= 11 is 5.94. The number of nitrogens with zero attached hydrogens (tertiary/aromatic N) is 1. The van der Waals surface area contributed by atoms with Crippen LogP contribution in [0.1, 0.15) is 5.56 Å². The second-order valence-corrected chi connectivity index (χ2v) is 3.78. The van der Waals surface area contributed by atoms with Gasteiger partial charge in [0.2, 0.25) is 0 Å². The lowest BCUT2D eigenvalue weighted by Gasteiger charge is -2.00. The molecule has 5 heteroatoms. The van der Waals surface area contributed by atoms with E-state index in [-0.39, 0.29) is 11.6 Å². The van der Waals surface area contributed by atoms with E-state index >= 15 is 0 Å². The van der Waals surface area contributed by atoms with Gasteiger partial charge in [0.05, 0.1) is 0 Å². The number of carbonyl (C=O) groups is 2. The summed E-state index contributed by atoms with van der Waals surface area (Å²) in [6, 6.07) is 6.67. The zero-order valence-corrected chi connectivity index (χ0v) is 9.28. The predicted octanol–water partition coefficient (Wildman–Crippen LogP) is 1.86. The van der Waals surface area contributed by atoms with Gasteiger partial charge in [-0.05, 0) is 17.7 Å². The predicted molar refractivity (Wildman–Crippen MR) is 60.7 cm³/mol. The van der Waals surface area contributed by atoms with E-state index in [1.807, 2.05) is 6.07 Å². The lowest BCUT2D eigenvalue weighted by molar-refractivity contribution is -0.121. The lowest BCUT2D eigenvalue weighted by atomic mass is 10.2. The summed E-state index contributed by atoms with van der Waals surface area (Å²) in [6.45, 7) is 0. The van der Waals surface area contributed by atoms with Gasteiger partial charge >= 0.3 is 6.03 Å². The molecule has 2 rings (SSSR count). The van der Waals surface area contributed by atoms with E-state index in [0.717, 1.165) is 4.90 Å². The van der Waals surface area contributed by atoms with Crippen molar-refractivity contribution in [3.63, 3.8) is 0 Å². The fourth-order valence-electron chi connectivity index (χ4n) is 1.37. The highest BCUT2D eigenvalue weighted by Gasteiger charge is 2.29. The van der Waals surface area contributed by atoms with Gasteiger partial charge in [-0.3, -0.25) is 9.69 Å². The van der Waals surface area contributed by atoms with Crippen LogP contribution >= 0.6 is 11.6 Å². The largest absolute Gasteiger partial charge is 0.328 e. The lowest BCUT2D eigenvalue weighted by Crippen LogP contribution is -2.25. The molecule has 16 heavy (non-hydrogen) atoms. The molecule has 1 saturated heterocycles. The first kappa shape index (κ1) is 10.7. The zero-order valence-electron chi connectivity index (χ0n) is 8.53. The SMILES string of the molecule is CN1C(=O)N/C(=C/c2ccccc2Cl)C1=O. The first-order chi connectivity index (χ1) is 7.59. The molecule has 82 valence electrons. The van der Waals surface area contributed by atoms with Gasteiger partial charge in [-0.1, -0.05) is 29.8 Å². The number of benzene rings is 1. The maximum absolute atomic E-state index is 11.6. The number of urea groups is 1. The van der Waals surface area contributed by atoms with Crippen molar-refractivity contribution in [1.29, 1.82) is 0 Å². The van der Waals surface area contributed by atoms with E-state index in [2.05, 4.69) is 5.32 Å². The molecule has 1 fully saturated rings. The Bertz CT molecular complexity index is 497. The van der Waals surface area contributed by atoms with Gasteiger partial charge < -0.3 is 5.32 Å². The normalized spacial score (nSPS) is 18.1. The number of imide groups is 1. The number of halogens is 1. The average molecular weight is 237 g/mol. The molecule has 3 amide bonds. The number of rotatable bonds is 1. The summed E-state index contributed by atoms with van der Waals surface area (Å²) in [5.41, 5.74) is 0.934. The number of hydrogen-bond acceptors (Lipinski definition) is 2. The first-order valence-electron chi connectivity index (χ1n) is 4.65. The summed E-state index contributed by atoms with van der Waals surface area (Å²) in [4.78, 5) is 23.8. The molecule has 0 aromatic heterocycles. The van der Waals surface area contributed by atoms with E-state index < -0.39 is 6.03 Å². The van der Waals surface area contributed by atoms with Crippen molar-refractivity contribution in [1.82, 2.24) is 10.2 Å². The Morgan fingerprint density at radius 3 is 2.56 bits per heavy atom. The van der Waals surface area contributed by atoms with Crippen molar-refractivity contribution in [3.8, 4) is 0 Å². The van der Waals surface area contributed by atoms with Crippen LogP contribution in [-0.2, 0) is 4.79 Å². The minimum absolute atomic E-state index is 0.237. The molecular weight excluding hydrogens is 228 g/mol. The molecule has 4 nitrogen and oxygen atoms in total. The van der Waals surface area contributed by atoms with Crippen molar-refractivity contribution in [2.45, 2.75) is 0 Å². The molecule has 1 aliphatic heterocycles. The Labute approximate surface area is 97.5 Å². The third kappa shape index (κ3) is 1.79. The van der Waals surface area contributed by atoms with Crippen LogP contribution in [0.3, 0.4) is 0 Å². The highest BCUT2D eigenvalue weighted by molar-refractivity contribution is 6.32. The van der Waals surface area contributed by atoms with Crippen LogP contribution in [0.2, 0.25) is 5.02 Å². The Kier molecular flexibility index (Phi) is 2.66. The van der Waals surface area contributed by atoms with E-state index in [0.29, 0.717) is 10.6 Å². The van der Waals surface area contributed by atoms with E-state index in [1.54, 1.807) is 24.3 Å². The monoisotopic (exact) mass is 236 g/mol. The second-order valence-electron chi connectivity index (χ2n) is 3.37. The second kappa shape index (κ2) is 3.98. The molecule has 1 N–H and O–H groups in total. The molecule has 1 heterocycles. The number of carbonyl (C=O) groups excluding carboxylic acids is 2. The Balaban J connectivity index is 2.37. The standard InChI is InChI=1S/C11H9ClN2O2/c1-14-10(15)9(13-11(14)16)6-7-4-2-3-5-8(7)12/h2-6H,1H3,(H,13,16)/b9-6+. The Morgan fingerprint density at radius 2 is 2.00 bits per heavy atom. The minimum Gasteiger partial charge on any atom is -0.303 e. The quantitative estimate of drug-likeness (QED) is 0.598. The highest BCUT2D eigenvalue weighted by Crippen LogP contribution is 2.19. The van der Waals surface area contributed by atoms with E-state index in [9.17, 15) is 9.59 Å².